The monoisotopic (exact) mass is 869 g/mol. The van der Waals surface area contributed by atoms with E-state index in [0.717, 1.165) is 124 Å². The lowest BCUT2D eigenvalue weighted by Gasteiger charge is -2.31. The van der Waals surface area contributed by atoms with Gasteiger partial charge in [0.2, 0.25) is 0 Å². The van der Waals surface area contributed by atoms with Crippen molar-refractivity contribution in [3.05, 3.63) is 69.8 Å². The second kappa shape index (κ2) is 21.6. The fourth-order valence-electron chi connectivity index (χ4n) is 9.15. The fourth-order valence-corrected chi connectivity index (χ4v) is 9.15. The van der Waals surface area contributed by atoms with E-state index >= 15 is 0 Å². The van der Waals surface area contributed by atoms with E-state index in [4.69, 9.17) is 28.4 Å². The summed E-state index contributed by atoms with van der Waals surface area (Å²) < 4.78 is 32.8. The van der Waals surface area contributed by atoms with Gasteiger partial charge < -0.3 is 44.4 Å². The molecule has 15 nitrogen and oxygen atoms in total. The first kappa shape index (κ1) is 46.9. The summed E-state index contributed by atoms with van der Waals surface area (Å²) in [5.74, 6) is -1.30. The zero-order valence-corrected chi connectivity index (χ0v) is 37.1. The van der Waals surface area contributed by atoms with E-state index < -0.39 is 35.8 Å². The first-order chi connectivity index (χ1) is 30.1. The molecule has 3 aromatic carbocycles. The lowest BCUT2D eigenvalue weighted by Crippen LogP contribution is -2.31. The molecule has 0 saturated carbocycles. The summed E-state index contributed by atoms with van der Waals surface area (Å²) in [5, 5.41) is 11.0. The first-order valence-electron chi connectivity index (χ1n) is 21.9. The van der Waals surface area contributed by atoms with Gasteiger partial charge in [0.05, 0.1) is 0 Å². The molecule has 3 aliphatic heterocycles. The number of hydrogen-bond acceptors (Lipinski definition) is 15. The van der Waals surface area contributed by atoms with Crippen molar-refractivity contribution in [3.63, 3.8) is 0 Å². The van der Waals surface area contributed by atoms with Gasteiger partial charge in [0.25, 0.3) is 0 Å². The number of nitrogens with one attached hydrogen (secondary N) is 3. The van der Waals surface area contributed by atoms with Crippen LogP contribution in [0.1, 0.15) is 144 Å². The van der Waals surface area contributed by atoms with Crippen molar-refractivity contribution >= 4 is 35.8 Å². The Balaban J connectivity index is 1.20. The zero-order chi connectivity index (χ0) is 45.2. The molecule has 3 aliphatic rings. The van der Waals surface area contributed by atoms with Crippen LogP contribution >= 0.6 is 0 Å². The van der Waals surface area contributed by atoms with Gasteiger partial charge in [-0.2, -0.15) is 0 Å². The van der Waals surface area contributed by atoms with E-state index in [-0.39, 0.29) is 52.6 Å². The molecular weight excluding hydrogens is 811 g/mol. The summed E-state index contributed by atoms with van der Waals surface area (Å²) in [5.41, 5.74) is 6.20. The first-order valence-corrected chi connectivity index (χ1v) is 21.9. The highest BCUT2D eigenvalue weighted by Crippen LogP contribution is 2.42. The van der Waals surface area contributed by atoms with Gasteiger partial charge in [-0.3, -0.25) is 28.8 Å². The van der Waals surface area contributed by atoms with E-state index in [1.165, 1.54) is 41.5 Å². The minimum atomic E-state index is -0.507. The molecule has 0 saturated heterocycles. The van der Waals surface area contributed by atoms with Crippen molar-refractivity contribution in [2.45, 2.75) is 130 Å². The van der Waals surface area contributed by atoms with Crippen molar-refractivity contribution in [1.82, 2.24) is 16.0 Å². The Bertz CT molecular complexity index is 2120. The van der Waals surface area contributed by atoms with Gasteiger partial charge in [0, 0.05) is 59.7 Å². The number of fused-ring (bicyclic) bond motifs is 3. The molecule has 338 valence electrons. The molecule has 3 N–H and O–H groups in total. The average molecular weight is 870 g/mol. The summed E-state index contributed by atoms with van der Waals surface area (Å²) in [6.45, 7) is 10.2. The van der Waals surface area contributed by atoms with E-state index in [2.05, 4.69) is 16.0 Å². The van der Waals surface area contributed by atoms with Crippen LogP contribution in [0.2, 0.25) is 0 Å². The van der Waals surface area contributed by atoms with Crippen LogP contribution in [0, 0.1) is 5.92 Å². The molecule has 15 heteroatoms. The third kappa shape index (κ3) is 13.0. The number of esters is 6. The second-order valence-corrected chi connectivity index (χ2v) is 16.6. The van der Waals surface area contributed by atoms with Crippen molar-refractivity contribution in [2.24, 2.45) is 5.92 Å². The SMILES string of the molecule is CC(=O)Oc1cc2c(cc1OC(C)=O)C(CCCCC(CCC1NCCc3cc(OC(C)=O)c(OC(C)=O)cc31)CCC1NCCc3cc(OC(C)=O)c(OC(C)=O)cc31)NCC2. The normalized spacial score (nSPS) is 18.1. The molecule has 3 atom stereocenters. The molecule has 0 radical (unpaired) electrons. The summed E-state index contributed by atoms with van der Waals surface area (Å²) in [7, 11) is 0. The molecule has 0 spiro atoms. The maximum absolute atomic E-state index is 12.0. The van der Waals surface area contributed by atoms with Crippen LogP contribution in [0.25, 0.3) is 0 Å². The smallest absolute Gasteiger partial charge is 0.308 e. The summed E-state index contributed by atoms with van der Waals surface area (Å²) in [4.78, 5) is 71.7. The Hall–Kier alpha value is -5.64. The largest absolute Gasteiger partial charge is 0.423 e. The van der Waals surface area contributed by atoms with Crippen LogP contribution in [0.5, 0.6) is 34.5 Å². The molecule has 0 aliphatic carbocycles. The number of carbonyl (C=O) groups excluding carboxylic acids is 6. The van der Waals surface area contributed by atoms with Crippen LogP contribution in [-0.2, 0) is 48.0 Å². The molecule has 0 fully saturated rings. The number of carbonyl (C=O) groups is 6. The number of ether oxygens (including phenoxy) is 6. The van der Waals surface area contributed by atoms with E-state index in [0.29, 0.717) is 5.92 Å². The van der Waals surface area contributed by atoms with Crippen LogP contribution in [0.3, 0.4) is 0 Å². The van der Waals surface area contributed by atoms with Crippen molar-refractivity contribution in [2.75, 3.05) is 19.6 Å². The number of rotatable bonds is 17. The van der Waals surface area contributed by atoms with Gasteiger partial charge in [0.15, 0.2) is 34.5 Å². The predicted octanol–water partition coefficient (Wildman–Crippen LogP) is 6.94. The molecule has 3 aromatic rings. The standard InChI is InChI=1S/C48H59N3O12/c1-27(52)58-43-21-34-15-18-49-40(37(34)24-46(43)61-30(4)55)10-8-7-9-33(11-13-41-38-25-47(62-31(5)56)44(59-28(2)53)22-35(38)16-19-50-41)12-14-42-39-26-48(63-32(6)57)45(60-29(3)54)23-36(39)17-20-51-42/h21-26,33,40-42,49-51H,7-20H2,1-6H3. The third-order valence-corrected chi connectivity index (χ3v) is 11.7. The minimum absolute atomic E-state index is 0.0114. The maximum Gasteiger partial charge on any atom is 0.308 e. The molecule has 6 rings (SSSR count). The Labute approximate surface area is 368 Å². The van der Waals surface area contributed by atoms with Crippen LogP contribution < -0.4 is 44.4 Å². The minimum Gasteiger partial charge on any atom is -0.423 e. The molecular formula is C48H59N3O12. The highest BCUT2D eigenvalue weighted by atomic mass is 16.6. The van der Waals surface area contributed by atoms with Crippen LogP contribution in [0.15, 0.2) is 36.4 Å². The molecule has 3 heterocycles. The van der Waals surface area contributed by atoms with Crippen molar-refractivity contribution in [1.29, 1.82) is 0 Å². The van der Waals surface area contributed by atoms with Gasteiger partial charge in [-0.05, 0) is 147 Å². The Morgan fingerprint density at radius 1 is 0.429 bits per heavy atom. The average Bonchev–Trinajstić information content (AvgIpc) is 3.20. The summed E-state index contributed by atoms with van der Waals surface area (Å²) in [6.07, 6.45) is 9.40. The quantitative estimate of drug-likeness (QED) is 0.0717. The lowest BCUT2D eigenvalue weighted by atomic mass is 9.83. The molecule has 3 unspecified atom stereocenters. The number of hydrogen-bond donors (Lipinski definition) is 3. The van der Waals surface area contributed by atoms with Gasteiger partial charge in [-0.25, -0.2) is 0 Å². The second-order valence-electron chi connectivity index (χ2n) is 16.6. The van der Waals surface area contributed by atoms with E-state index in [1.54, 1.807) is 0 Å². The molecule has 63 heavy (non-hydrogen) atoms. The van der Waals surface area contributed by atoms with Crippen molar-refractivity contribution in [3.8, 4) is 34.5 Å². The molecule has 0 aromatic heterocycles. The summed E-state index contributed by atoms with van der Waals surface area (Å²) in [6, 6.07) is 10.9. The van der Waals surface area contributed by atoms with E-state index in [1.807, 2.05) is 36.4 Å². The highest BCUT2D eigenvalue weighted by molar-refractivity contribution is 5.76. The number of unbranched alkanes of at least 4 members (excludes halogenated alkanes) is 1. The van der Waals surface area contributed by atoms with Crippen LogP contribution in [0.4, 0.5) is 0 Å². The topological polar surface area (TPSA) is 194 Å². The van der Waals surface area contributed by atoms with Gasteiger partial charge in [0.1, 0.15) is 0 Å². The highest BCUT2D eigenvalue weighted by Gasteiger charge is 2.29. The fraction of sp³-hybridized carbons (Fsp3) is 0.500. The lowest BCUT2D eigenvalue weighted by molar-refractivity contribution is -0.134. The molecule has 0 bridgehead atoms. The van der Waals surface area contributed by atoms with Gasteiger partial charge in [-0.15, -0.1) is 0 Å². The van der Waals surface area contributed by atoms with E-state index in [9.17, 15) is 28.8 Å². The third-order valence-electron chi connectivity index (χ3n) is 11.7. The predicted molar refractivity (Wildman–Crippen MR) is 231 cm³/mol. The maximum atomic E-state index is 12.0. The number of benzene rings is 3. The van der Waals surface area contributed by atoms with Crippen molar-refractivity contribution < 1.29 is 57.2 Å². The zero-order valence-electron chi connectivity index (χ0n) is 37.1. The Morgan fingerprint density at radius 2 is 0.714 bits per heavy atom. The Kier molecular flexibility index (Phi) is 16.1. The van der Waals surface area contributed by atoms with Gasteiger partial charge >= 0.3 is 35.8 Å². The molecule has 0 amide bonds. The summed E-state index contributed by atoms with van der Waals surface area (Å²) >= 11 is 0. The Morgan fingerprint density at radius 3 is 1.02 bits per heavy atom. The van der Waals surface area contributed by atoms with Gasteiger partial charge in [-0.1, -0.05) is 19.3 Å². The van der Waals surface area contributed by atoms with Crippen LogP contribution in [-0.4, -0.2) is 55.5 Å².